The lowest BCUT2D eigenvalue weighted by molar-refractivity contribution is -0.155. The first-order valence-electron chi connectivity index (χ1n) is 4.27. The van der Waals surface area contributed by atoms with Crippen molar-refractivity contribution in [1.29, 1.82) is 0 Å². The lowest BCUT2D eigenvalue weighted by Gasteiger charge is -2.20. The molecule has 0 aliphatic heterocycles. The molecule has 0 aromatic rings. The van der Waals surface area contributed by atoms with Gasteiger partial charge in [0.25, 0.3) is 0 Å². The van der Waals surface area contributed by atoms with E-state index in [1.54, 1.807) is 20.8 Å². The van der Waals surface area contributed by atoms with Crippen LogP contribution in [0, 0.1) is 0 Å². The summed E-state index contributed by atoms with van der Waals surface area (Å²) in [6.07, 6.45) is -0.773. The number of aliphatic imine (C=N–C) groups is 1. The number of carbonyl (C=O) groups is 1. The average molecular weight is 202 g/mol. The van der Waals surface area contributed by atoms with E-state index in [1.807, 2.05) is 0 Å². The lowest BCUT2D eigenvalue weighted by Crippen LogP contribution is -2.32. The Morgan fingerprint density at radius 1 is 1.43 bits per heavy atom. The summed E-state index contributed by atoms with van der Waals surface area (Å²) >= 11 is 0. The maximum absolute atomic E-state index is 11.2. The van der Waals surface area contributed by atoms with E-state index in [-0.39, 0.29) is 12.4 Å². The topological polar surface area (TPSA) is 117 Å². The SMILES string of the molecule is CC(C)(C)OC(=O)CC(N)N=C(N)N. The van der Waals surface area contributed by atoms with Crippen LogP contribution in [0.5, 0.6) is 0 Å². The highest BCUT2D eigenvalue weighted by Crippen LogP contribution is 2.08. The Balaban J connectivity index is 4.02. The van der Waals surface area contributed by atoms with Gasteiger partial charge in [-0.3, -0.25) is 4.79 Å². The Labute approximate surface area is 83.5 Å². The van der Waals surface area contributed by atoms with Gasteiger partial charge in [0.2, 0.25) is 0 Å². The molecule has 1 unspecified atom stereocenters. The molecule has 0 spiro atoms. The van der Waals surface area contributed by atoms with Gasteiger partial charge in [-0.25, -0.2) is 4.99 Å². The van der Waals surface area contributed by atoms with E-state index in [2.05, 4.69) is 4.99 Å². The van der Waals surface area contributed by atoms with E-state index >= 15 is 0 Å². The first kappa shape index (κ1) is 12.7. The van der Waals surface area contributed by atoms with Crippen LogP contribution in [0.4, 0.5) is 0 Å². The van der Waals surface area contributed by atoms with Gasteiger partial charge < -0.3 is 21.9 Å². The number of nitrogens with zero attached hydrogens (tertiary/aromatic N) is 1. The van der Waals surface area contributed by atoms with Crippen molar-refractivity contribution in [2.75, 3.05) is 0 Å². The van der Waals surface area contributed by atoms with Gasteiger partial charge in [0.15, 0.2) is 5.96 Å². The van der Waals surface area contributed by atoms with Gasteiger partial charge in [-0.15, -0.1) is 0 Å². The molecule has 0 heterocycles. The molecule has 14 heavy (non-hydrogen) atoms. The van der Waals surface area contributed by atoms with Gasteiger partial charge in [0, 0.05) is 0 Å². The summed E-state index contributed by atoms with van der Waals surface area (Å²) in [4.78, 5) is 14.8. The van der Waals surface area contributed by atoms with E-state index in [9.17, 15) is 4.79 Å². The van der Waals surface area contributed by atoms with Crippen LogP contribution in [0.2, 0.25) is 0 Å². The van der Waals surface area contributed by atoms with Crippen LogP contribution in [0.1, 0.15) is 27.2 Å². The molecule has 0 aliphatic carbocycles. The lowest BCUT2D eigenvalue weighted by atomic mass is 10.2. The fourth-order valence-electron chi connectivity index (χ4n) is 0.791. The van der Waals surface area contributed by atoms with Crippen molar-refractivity contribution in [3.63, 3.8) is 0 Å². The minimum absolute atomic E-state index is 0.0326. The number of nitrogens with two attached hydrogens (primary N) is 3. The van der Waals surface area contributed by atoms with E-state index < -0.39 is 17.7 Å². The van der Waals surface area contributed by atoms with Gasteiger partial charge in [0.1, 0.15) is 11.8 Å². The van der Waals surface area contributed by atoms with Crippen LogP contribution < -0.4 is 17.2 Å². The maximum atomic E-state index is 11.2. The fraction of sp³-hybridized carbons (Fsp3) is 0.750. The summed E-state index contributed by atoms with van der Waals surface area (Å²) in [5.41, 5.74) is 15.1. The highest BCUT2D eigenvalue weighted by Gasteiger charge is 2.18. The van der Waals surface area contributed by atoms with Crippen molar-refractivity contribution in [3.05, 3.63) is 0 Å². The van der Waals surface area contributed by atoms with Crippen LogP contribution in [0.25, 0.3) is 0 Å². The standard InChI is InChI=1S/C8H18N4O2/c1-8(2,3)14-6(13)4-5(9)12-7(10)11/h5H,4,9H2,1-3H3,(H4,10,11,12). The molecule has 82 valence electrons. The highest BCUT2D eigenvalue weighted by molar-refractivity contribution is 5.76. The Morgan fingerprint density at radius 2 is 1.93 bits per heavy atom. The van der Waals surface area contributed by atoms with Crippen LogP contribution in [-0.4, -0.2) is 23.7 Å². The number of ether oxygens (including phenoxy) is 1. The van der Waals surface area contributed by atoms with Crippen LogP contribution >= 0.6 is 0 Å². The van der Waals surface area contributed by atoms with Crippen molar-refractivity contribution in [3.8, 4) is 0 Å². The summed E-state index contributed by atoms with van der Waals surface area (Å²) in [5, 5.41) is 0. The molecule has 6 nitrogen and oxygen atoms in total. The van der Waals surface area contributed by atoms with Crippen LogP contribution in [-0.2, 0) is 9.53 Å². The molecular formula is C8H18N4O2. The Kier molecular flexibility index (Phi) is 4.36. The third kappa shape index (κ3) is 7.35. The zero-order valence-corrected chi connectivity index (χ0v) is 8.78. The number of esters is 1. The van der Waals surface area contributed by atoms with Crippen LogP contribution in [0.3, 0.4) is 0 Å². The second-order valence-electron chi connectivity index (χ2n) is 3.91. The van der Waals surface area contributed by atoms with Gasteiger partial charge in [-0.05, 0) is 20.8 Å². The number of rotatable bonds is 3. The summed E-state index contributed by atoms with van der Waals surface area (Å²) in [5.74, 6) is -0.559. The molecule has 0 bridgehead atoms. The monoisotopic (exact) mass is 202 g/mol. The Hall–Kier alpha value is -1.30. The molecule has 0 amide bonds. The number of guanidine groups is 1. The third-order valence-corrected chi connectivity index (χ3v) is 1.11. The summed E-state index contributed by atoms with van der Waals surface area (Å²) in [6, 6.07) is 0. The number of hydrogen-bond donors (Lipinski definition) is 3. The van der Waals surface area contributed by atoms with E-state index in [0.717, 1.165) is 0 Å². The summed E-state index contributed by atoms with van der Waals surface area (Å²) in [7, 11) is 0. The molecule has 0 fully saturated rings. The Morgan fingerprint density at radius 3 is 2.29 bits per heavy atom. The minimum atomic E-state index is -0.741. The molecule has 6 N–H and O–H groups in total. The third-order valence-electron chi connectivity index (χ3n) is 1.11. The molecule has 1 atom stereocenters. The predicted octanol–water partition coefficient (Wildman–Crippen LogP) is -0.724. The Bertz CT molecular complexity index is 228. The van der Waals surface area contributed by atoms with Crippen molar-refractivity contribution in [2.45, 2.75) is 39.0 Å². The second kappa shape index (κ2) is 4.80. The molecule has 0 saturated heterocycles. The van der Waals surface area contributed by atoms with Crippen molar-refractivity contribution in [2.24, 2.45) is 22.2 Å². The largest absolute Gasteiger partial charge is 0.460 e. The number of carbonyl (C=O) groups excluding carboxylic acids is 1. The van der Waals surface area contributed by atoms with Gasteiger partial charge in [-0.1, -0.05) is 0 Å². The first-order chi connectivity index (χ1) is 6.20. The molecule has 0 radical (unpaired) electrons. The van der Waals surface area contributed by atoms with Crippen molar-refractivity contribution >= 4 is 11.9 Å². The molecule has 6 heteroatoms. The maximum Gasteiger partial charge on any atom is 0.309 e. The molecule has 0 saturated carbocycles. The predicted molar refractivity (Wildman–Crippen MR) is 54.2 cm³/mol. The zero-order valence-electron chi connectivity index (χ0n) is 8.78. The quantitative estimate of drug-likeness (QED) is 0.317. The first-order valence-corrected chi connectivity index (χ1v) is 4.27. The number of hydrogen-bond acceptors (Lipinski definition) is 4. The summed E-state index contributed by atoms with van der Waals surface area (Å²) < 4.78 is 5.02. The summed E-state index contributed by atoms with van der Waals surface area (Å²) in [6.45, 7) is 5.32. The van der Waals surface area contributed by atoms with Gasteiger partial charge in [0.05, 0.1) is 6.42 Å². The van der Waals surface area contributed by atoms with Crippen molar-refractivity contribution in [1.82, 2.24) is 0 Å². The zero-order chi connectivity index (χ0) is 11.4. The molecule has 0 aromatic carbocycles. The van der Waals surface area contributed by atoms with Crippen LogP contribution in [0.15, 0.2) is 4.99 Å². The fourth-order valence-corrected chi connectivity index (χ4v) is 0.791. The van der Waals surface area contributed by atoms with E-state index in [4.69, 9.17) is 21.9 Å². The van der Waals surface area contributed by atoms with Gasteiger partial charge >= 0.3 is 5.97 Å². The average Bonchev–Trinajstić information content (AvgIpc) is 1.77. The molecule has 0 aliphatic rings. The van der Waals surface area contributed by atoms with E-state index in [0.29, 0.717) is 0 Å². The highest BCUT2D eigenvalue weighted by atomic mass is 16.6. The minimum Gasteiger partial charge on any atom is -0.460 e. The van der Waals surface area contributed by atoms with Crippen molar-refractivity contribution < 1.29 is 9.53 Å². The second-order valence-corrected chi connectivity index (χ2v) is 3.91. The molecule has 0 aromatic heterocycles. The molecule has 0 rings (SSSR count). The molecular weight excluding hydrogens is 184 g/mol. The van der Waals surface area contributed by atoms with E-state index in [1.165, 1.54) is 0 Å². The van der Waals surface area contributed by atoms with Gasteiger partial charge in [-0.2, -0.15) is 0 Å². The smallest absolute Gasteiger partial charge is 0.309 e. The normalized spacial score (nSPS) is 13.1.